The van der Waals surface area contributed by atoms with Crippen molar-refractivity contribution in [1.82, 2.24) is 0 Å². The van der Waals surface area contributed by atoms with Crippen molar-refractivity contribution in [2.45, 2.75) is 11.8 Å². The molecule has 0 aliphatic heterocycles. The van der Waals surface area contributed by atoms with E-state index in [9.17, 15) is 14.9 Å². The highest BCUT2D eigenvalue weighted by atomic mass is 32.2. The molecule has 2 aromatic carbocycles. The van der Waals surface area contributed by atoms with Crippen LogP contribution in [0.3, 0.4) is 0 Å². The van der Waals surface area contributed by atoms with E-state index in [2.05, 4.69) is 5.32 Å². The van der Waals surface area contributed by atoms with Gasteiger partial charge >= 0.3 is 0 Å². The lowest BCUT2D eigenvalue weighted by Crippen LogP contribution is -2.15. The Morgan fingerprint density at radius 3 is 2.62 bits per heavy atom. The first-order valence-corrected chi connectivity index (χ1v) is 7.27. The van der Waals surface area contributed by atoms with Crippen LogP contribution in [-0.4, -0.2) is 16.6 Å². The van der Waals surface area contributed by atoms with Crippen LogP contribution in [-0.2, 0) is 4.79 Å². The number of amides is 1. The van der Waals surface area contributed by atoms with Crippen molar-refractivity contribution in [1.29, 1.82) is 0 Å². The summed E-state index contributed by atoms with van der Waals surface area (Å²) in [7, 11) is 0. The van der Waals surface area contributed by atoms with Gasteiger partial charge in [-0.2, -0.15) is 0 Å². The van der Waals surface area contributed by atoms with Crippen molar-refractivity contribution in [3.8, 4) is 0 Å². The van der Waals surface area contributed by atoms with Gasteiger partial charge in [-0.25, -0.2) is 0 Å². The monoisotopic (exact) mass is 302 g/mol. The number of aryl methyl sites for hydroxylation is 1. The third-order valence-corrected chi connectivity index (χ3v) is 3.75. The zero-order valence-electron chi connectivity index (χ0n) is 11.4. The zero-order valence-corrected chi connectivity index (χ0v) is 12.2. The average molecular weight is 302 g/mol. The summed E-state index contributed by atoms with van der Waals surface area (Å²) in [6.45, 7) is 1.77. The smallest absolute Gasteiger partial charge is 0.293 e. The van der Waals surface area contributed by atoms with E-state index >= 15 is 0 Å². The highest BCUT2D eigenvalue weighted by Gasteiger charge is 2.15. The molecular weight excluding hydrogens is 288 g/mol. The number of carbonyl (C=O) groups is 1. The summed E-state index contributed by atoms with van der Waals surface area (Å²) in [5.74, 6) is -0.0644. The van der Waals surface area contributed by atoms with Crippen LogP contribution in [0.5, 0.6) is 0 Å². The van der Waals surface area contributed by atoms with Crippen molar-refractivity contribution in [2.75, 3.05) is 11.1 Å². The molecule has 0 spiro atoms. The maximum atomic E-state index is 11.9. The Labute approximate surface area is 126 Å². The molecule has 0 fully saturated rings. The fourth-order valence-corrected chi connectivity index (χ4v) is 2.47. The SMILES string of the molecule is Cc1ccc(NC(=O)CSc2ccccc2)c([N+](=O)[O-])c1. The minimum Gasteiger partial charge on any atom is -0.320 e. The van der Waals surface area contributed by atoms with E-state index in [-0.39, 0.29) is 23.0 Å². The molecule has 0 saturated heterocycles. The normalized spacial score (nSPS) is 10.1. The predicted molar refractivity (Wildman–Crippen MR) is 83.6 cm³/mol. The van der Waals surface area contributed by atoms with E-state index < -0.39 is 4.92 Å². The van der Waals surface area contributed by atoms with Gasteiger partial charge in [0.05, 0.1) is 10.7 Å². The van der Waals surface area contributed by atoms with Crippen LogP contribution in [0, 0.1) is 17.0 Å². The van der Waals surface area contributed by atoms with Gasteiger partial charge in [-0.15, -0.1) is 11.8 Å². The fraction of sp³-hybridized carbons (Fsp3) is 0.133. The summed E-state index contributed by atoms with van der Waals surface area (Å²) in [6.07, 6.45) is 0. The summed E-state index contributed by atoms with van der Waals surface area (Å²) in [5.41, 5.74) is 0.913. The Bertz CT molecular complexity index is 659. The number of nitrogens with one attached hydrogen (secondary N) is 1. The second kappa shape index (κ2) is 6.90. The minimum atomic E-state index is -0.493. The second-order valence-electron chi connectivity index (χ2n) is 4.43. The lowest BCUT2D eigenvalue weighted by molar-refractivity contribution is -0.384. The minimum absolute atomic E-state index is 0.0898. The second-order valence-corrected chi connectivity index (χ2v) is 5.48. The number of anilines is 1. The van der Waals surface area contributed by atoms with Gasteiger partial charge in [-0.3, -0.25) is 14.9 Å². The molecule has 0 unspecified atom stereocenters. The van der Waals surface area contributed by atoms with Crippen LogP contribution in [0.15, 0.2) is 53.4 Å². The number of nitrogens with zero attached hydrogens (tertiary/aromatic N) is 1. The quantitative estimate of drug-likeness (QED) is 0.520. The molecule has 2 aromatic rings. The van der Waals surface area contributed by atoms with Gasteiger partial charge in [-0.1, -0.05) is 24.3 Å². The summed E-state index contributed by atoms with van der Waals surface area (Å²) in [4.78, 5) is 23.4. The van der Waals surface area contributed by atoms with E-state index in [1.165, 1.54) is 17.8 Å². The number of hydrogen-bond donors (Lipinski definition) is 1. The van der Waals surface area contributed by atoms with Crippen molar-refractivity contribution in [3.63, 3.8) is 0 Å². The highest BCUT2D eigenvalue weighted by molar-refractivity contribution is 8.00. The van der Waals surface area contributed by atoms with Crippen LogP contribution in [0.2, 0.25) is 0 Å². The molecule has 0 aromatic heterocycles. The van der Waals surface area contributed by atoms with Crippen LogP contribution in [0.4, 0.5) is 11.4 Å². The lowest BCUT2D eigenvalue weighted by atomic mass is 10.2. The number of rotatable bonds is 5. The number of nitro benzene ring substituents is 1. The molecule has 6 heteroatoms. The average Bonchev–Trinajstić information content (AvgIpc) is 2.48. The molecule has 21 heavy (non-hydrogen) atoms. The lowest BCUT2D eigenvalue weighted by Gasteiger charge is -2.06. The first-order valence-electron chi connectivity index (χ1n) is 6.29. The Morgan fingerprint density at radius 2 is 1.95 bits per heavy atom. The van der Waals surface area contributed by atoms with Gasteiger partial charge in [0.1, 0.15) is 5.69 Å². The van der Waals surface area contributed by atoms with Gasteiger partial charge in [0, 0.05) is 11.0 Å². The molecular formula is C15H14N2O3S. The standard InChI is InChI=1S/C15H14N2O3S/c1-11-7-8-13(14(9-11)17(19)20)16-15(18)10-21-12-5-3-2-4-6-12/h2-9H,10H2,1H3,(H,16,18). The molecule has 0 saturated carbocycles. The number of nitro groups is 1. The van der Waals surface area contributed by atoms with Gasteiger partial charge in [0.25, 0.3) is 5.69 Å². The third kappa shape index (κ3) is 4.32. The first kappa shape index (κ1) is 15.1. The first-order chi connectivity index (χ1) is 10.1. The van der Waals surface area contributed by atoms with E-state index in [4.69, 9.17) is 0 Å². The molecule has 2 rings (SSSR count). The summed E-state index contributed by atoms with van der Waals surface area (Å²) in [5, 5.41) is 13.6. The predicted octanol–water partition coefficient (Wildman–Crippen LogP) is 3.63. The summed E-state index contributed by atoms with van der Waals surface area (Å²) in [6, 6.07) is 14.2. The number of thioether (sulfide) groups is 1. The van der Waals surface area contributed by atoms with E-state index in [0.717, 1.165) is 10.5 Å². The van der Waals surface area contributed by atoms with Gasteiger partial charge in [-0.05, 0) is 30.7 Å². The Hall–Kier alpha value is -2.34. The molecule has 1 amide bonds. The summed E-state index contributed by atoms with van der Waals surface area (Å²) < 4.78 is 0. The van der Waals surface area contributed by atoms with Gasteiger partial charge < -0.3 is 5.32 Å². The Morgan fingerprint density at radius 1 is 1.24 bits per heavy atom. The Kier molecular flexibility index (Phi) is 4.94. The Balaban J connectivity index is 2.01. The topological polar surface area (TPSA) is 72.2 Å². The molecule has 0 aliphatic rings. The van der Waals surface area contributed by atoms with Crippen LogP contribution >= 0.6 is 11.8 Å². The summed E-state index contributed by atoms with van der Waals surface area (Å²) >= 11 is 1.38. The van der Waals surface area contributed by atoms with Crippen molar-refractivity contribution < 1.29 is 9.72 Å². The number of carbonyl (C=O) groups excluding carboxylic acids is 1. The van der Waals surface area contributed by atoms with E-state index in [0.29, 0.717) is 0 Å². The van der Waals surface area contributed by atoms with Crippen LogP contribution in [0.25, 0.3) is 0 Å². The largest absolute Gasteiger partial charge is 0.320 e. The van der Waals surface area contributed by atoms with E-state index in [1.807, 2.05) is 30.3 Å². The molecule has 0 atom stereocenters. The van der Waals surface area contributed by atoms with Gasteiger partial charge in [0.15, 0.2) is 0 Å². The molecule has 0 radical (unpaired) electrons. The van der Waals surface area contributed by atoms with Crippen LogP contribution < -0.4 is 5.32 Å². The molecule has 0 heterocycles. The van der Waals surface area contributed by atoms with Crippen LogP contribution in [0.1, 0.15) is 5.56 Å². The molecule has 1 N–H and O–H groups in total. The molecule has 0 bridgehead atoms. The number of hydrogen-bond acceptors (Lipinski definition) is 4. The van der Waals surface area contributed by atoms with Crippen molar-refractivity contribution in [2.24, 2.45) is 0 Å². The number of benzene rings is 2. The van der Waals surface area contributed by atoms with Gasteiger partial charge in [0.2, 0.25) is 5.91 Å². The van der Waals surface area contributed by atoms with Crippen molar-refractivity contribution in [3.05, 3.63) is 64.2 Å². The maximum Gasteiger partial charge on any atom is 0.293 e. The fourth-order valence-electron chi connectivity index (χ4n) is 1.75. The third-order valence-electron chi connectivity index (χ3n) is 2.74. The zero-order chi connectivity index (χ0) is 15.2. The highest BCUT2D eigenvalue weighted by Crippen LogP contribution is 2.26. The molecule has 0 aliphatic carbocycles. The molecule has 5 nitrogen and oxygen atoms in total. The van der Waals surface area contributed by atoms with E-state index in [1.54, 1.807) is 19.1 Å². The molecule has 108 valence electrons. The maximum absolute atomic E-state index is 11.9. The van der Waals surface area contributed by atoms with Crippen molar-refractivity contribution >= 4 is 29.0 Å².